The number of nitrogens with zero attached hydrogens (tertiary/aromatic N) is 3. The van der Waals surface area contributed by atoms with E-state index in [0.29, 0.717) is 11.8 Å². The summed E-state index contributed by atoms with van der Waals surface area (Å²) in [5, 5.41) is 10.3. The van der Waals surface area contributed by atoms with Gasteiger partial charge >= 0.3 is 0 Å². The summed E-state index contributed by atoms with van der Waals surface area (Å²) in [4.78, 5) is 5.68. The van der Waals surface area contributed by atoms with Crippen molar-refractivity contribution in [1.82, 2.24) is 9.13 Å². The van der Waals surface area contributed by atoms with Gasteiger partial charge in [-0.25, -0.2) is 4.99 Å². The minimum absolute atomic E-state index is 0.199. The Hall–Kier alpha value is -6.65. The van der Waals surface area contributed by atoms with Crippen LogP contribution in [0, 0.1) is 17.8 Å². The van der Waals surface area contributed by atoms with Crippen molar-refractivity contribution in [2.75, 3.05) is 5.32 Å². The third kappa shape index (κ3) is 5.92. The third-order valence-electron chi connectivity index (χ3n) is 13.7. The molecule has 7 aromatic rings. The molecule has 292 valence electrons. The first kappa shape index (κ1) is 35.3. The number of para-hydroxylation sites is 4. The first-order valence-corrected chi connectivity index (χ1v) is 22.0. The van der Waals surface area contributed by atoms with Gasteiger partial charge < -0.3 is 14.5 Å². The molecule has 5 aliphatic rings. The first-order chi connectivity index (χ1) is 29.7. The maximum atomic E-state index is 5.68. The van der Waals surface area contributed by atoms with Gasteiger partial charge in [-0.3, -0.25) is 0 Å². The fraction of sp³-hybridized carbons (Fsp3) is 0.196. The van der Waals surface area contributed by atoms with Crippen molar-refractivity contribution >= 4 is 56.3 Å². The summed E-state index contributed by atoms with van der Waals surface area (Å²) in [6, 6.07) is 44.4. The summed E-state index contributed by atoms with van der Waals surface area (Å²) in [5.74, 6) is 1.43. The van der Waals surface area contributed by atoms with E-state index in [1.165, 1.54) is 96.2 Å². The van der Waals surface area contributed by atoms with E-state index < -0.39 is 0 Å². The summed E-state index contributed by atoms with van der Waals surface area (Å²) in [6.07, 6.45) is 30.8. The van der Waals surface area contributed by atoms with E-state index in [0.717, 1.165) is 24.9 Å². The predicted molar refractivity (Wildman–Crippen MR) is 251 cm³/mol. The Kier molecular flexibility index (Phi) is 8.57. The molecule has 4 aliphatic carbocycles. The van der Waals surface area contributed by atoms with Gasteiger partial charge in [-0.15, -0.1) is 0 Å². The van der Waals surface area contributed by atoms with Crippen molar-refractivity contribution in [2.45, 2.75) is 50.7 Å². The molecule has 4 nitrogen and oxygen atoms in total. The smallest absolute Gasteiger partial charge is 0.201 e. The largest absolute Gasteiger partial charge is 0.346 e. The van der Waals surface area contributed by atoms with Gasteiger partial charge in [0.1, 0.15) is 0 Å². The number of anilines is 1. The Morgan fingerprint density at radius 1 is 0.583 bits per heavy atom. The quantitative estimate of drug-likeness (QED) is 0.168. The Bertz CT molecular complexity index is 3160. The molecule has 1 N–H and O–H groups in total. The van der Waals surface area contributed by atoms with Crippen LogP contribution in [0.1, 0.15) is 61.9 Å². The molecule has 3 heterocycles. The van der Waals surface area contributed by atoms with E-state index in [2.05, 4.69) is 197 Å². The number of hydrogen-bond donors (Lipinski definition) is 1. The summed E-state index contributed by atoms with van der Waals surface area (Å²) in [7, 11) is 0. The van der Waals surface area contributed by atoms with Gasteiger partial charge in [0.25, 0.3) is 0 Å². The molecule has 5 unspecified atom stereocenters. The first-order valence-electron chi connectivity index (χ1n) is 22.0. The van der Waals surface area contributed by atoms with E-state index >= 15 is 0 Å². The second kappa shape index (κ2) is 14.6. The number of rotatable bonds is 6. The molecule has 60 heavy (non-hydrogen) atoms. The van der Waals surface area contributed by atoms with E-state index in [1.54, 1.807) is 0 Å². The predicted octanol–water partition coefficient (Wildman–Crippen LogP) is 12.2. The number of allylic oxidation sites excluding steroid dienone is 10. The number of benzene rings is 5. The van der Waals surface area contributed by atoms with Crippen LogP contribution in [0.4, 0.5) is 5.69 Å². The van der Waals surface area contributed by atoms with Crippen LogP contribution in [-0.4, -0.2) is 14.8 Å². The summed E-state index contributed by atoms with van der Waals surface area (Å²) in [5.41, 5.74) is 12.6. The van der Waals surface area contributed by atoms with Crippen molar-refractivity contribution in [2.24, 2.45) is 22.7 Å². The van der Waals surface area contributed by atoms with Gasteiger partial charge in [0.2, 0.25) is 6.29 Å². The molecule has 0 fully saturated rings. The molecule has 0 spiro atoms. The highest BCUT2D eigenvalue weighted by Gasteiger charge is 2.30. The zero-order valence-corrected chi connectivity index (χ0v) is 33.8. The molecule has 0 radical (unpaired) electrons. The second-order valence-electron chi connectivity index (χ2n) is 17.2. The molecule has 0 amide bonds. The van der Waals surface area contributed by atoms with E-state index in [9.17, 15) is 0 Å². The van der Waals surface area contributed by atoms with Crippen LogP contribution in [0.15, 0.2) is 186 Å². The van der Waals surface area contributed by atoms with E-state index in [-0.39, 0.29) is 18.1 Å². The average Bonchev–Trinajstić information content (AvgIpc) is 3.84. The van der Waals surface area contributed by atoms with E-state index in [4.69, 9.17) is 4.99 Å². The van der Waals surface area contributed by atoms with Crippen LogP contribution in [0.25, 0.3) is 50.5 Å². The van der Waals surface area contributed by atoms with Gasteiger partial charge in [0.05, 0.1) is 27.6 Å². The van der Waals surface area contributed by atoms with Crippen LogP contribution < -0.4 is 15.9 Å². The van der Waals surface area contributed by atoms with Crippen molar-refractivity contribution < 1.29 is 0 Å². The minimum Gasteiger partial charge on any atom is -0.346 e. The molecule has 0 saturated heterocycles. The zero-order valence-electron chi connectivity index (χ0n) is 33.8. The van der Waals surface area contributed by atoms with Crippen molar-refractivity contribution in [1.29, 1.82) is 0 Å². The maximum absolute atomic E-state index is 5.68. The van der Waals surface area contributed by atoms with Gasteiger partial charge in [-0.05, 0) is 97.7 Å². The summed E-state index contributed by atoms with van der Waals surface area (Å²) < 4.78 is 4.88. The van der Waals surface area contributed by atoms with Crippen LogP contribution in [0.5, 0.6) is 0 Å². The molecule has 4 heteroatoms. The monoisotopic (exact) mass is 776 g/mol. The summed E-state index contributed by atoms with van der Waals surface area (Å²) >= 11 is 0. The molecular formula is C56H48N4. The number of aromatic nitrogens is 2. The zero-order chi connectivity index (χ0) is 39.6. The fourth-order valence-electron chi connectivity index (χ4n) is 10.8. The number of nitrogens with one attached hydrogen (secondary N) is 1. The summed E-state index contributed by atoms with van der Waals surface area (Å²) in [6.45, 7) is 0. The molecule has 12 rings (SSSR count). The van der Waals surface area contributed by atoms with E-state index in [1.807, 2.05) is 0 Å². The molecule has 1 aliphatic heterocycles. The second-order valence-corrected chi connectivity index (χ2v) is 17.2. The van der Waals surface area contributed by atoms with Crippen molar-refractivity contribution in [3.8, 4) is 5.69 Å². The van der Waals surface area contributed by atoms with Gasteiger partial charge in [0.15, 0.2) is 0 Å². The number of fused-ring (bicyclic) bond motifs is 7. The standard InChI is InChI=1S/C56H48N4/c1-3-14-37(15-4-1)38-26-28-39(29-27-38)40-16-13-17-43(34-40)55-48-22-7-10-23-50(48)57-56(58-55)60-52-25-12-9-21-46(52)49-35-41(31-33-53(49)60)42-30-32-47-45-20-8-11-24-51(45)59(54(47)36-42)44-18-5-2-6-19-44/h2-3,5-14,16,18-28,31-37,39,42-43,56-57H,1,4,15,17,29-30H2. The highest BCUT2D eigenvalue weighted by atomic mass is 15.3. The number of aliphatic imine (C=N–C) groups is 1. The van der Waals surface area contributed by atoms with Gasteiger partial charge in [0, 0.05) is 62.0 Å². The fourth-order valence-corrected chi connectivity index (χ4v) is 10.8. The minimum atomic E-state index is -0.284. The number of hydrogen-bond acceptors (Lipinski definition) is 2. The normalized spacial score (nSPS) is 23.3. The highest BCUT2D eigenvalue weighted by molar-refractivity contribution is 6.11. The molecular weight excluding hydrogens is 729 g/mol. The lowest BCUT2D eigenvalue weighted by atomic mass is 9.79. The van der Waals surface area contributed by atoms with Crippen LogP contribution in [-0.2, 0) is 0 Å². The Morgan fingerprint density at radius 3 is 2.25 bits per heavy atom. The van der Waals surface area contributed by atoms with Crippen LogP contribution in [0.2, 0.25) is 0 Å². The lowest BCUT2D eigenvalue weighted by molar-refractivity contribution is 0.604. The third-order valence-corrected chi connectivity index (χ3v) is 13.7. The Balaban J connectivity index is 0.921. The molecule has 5 atom stereocenters. The Labute approximate surface area is 351 Å². The molecule has 5 aromatic carbocycles. The van der Waals surface area contributed by atoms with Gasteiger partial charge in [-0.2, -0.15) is 0 Å². The lowest BCUT2D eigenvalue weighted by Gasteiger charge is -2.31. The highest BCUT2D eigenvalue weighted by Crippen LogP contribution is 2.40. The van der Waals surface area contributed by atoms with Crippen LogP contribution >= 0.6 is 0 Å². The van der Waals surface area contributed by atoms with Gasteiger partial charge in [-0.1, -0.05) is 140 Å². The molecule has 0 bridgehead atoms. The lowest BCUT2D eigenvalue weighted by Crippen LogP contribution is -2.32. The maximum Gasteiger partial charge on any atom is 0.201 e. The SMILES string of the molecule is C1=CC(C2=CCC(C3=CC(C4=NC(n5c6ccccc6c6cc(C7C=c8c(c9ccccc9n8-c8ccccc8)=CC7)ccc65)Nc5ccccc54)CC=C3)C=C2)CCC1. The average molecular weight is 777 g/mol. The Morgan fingerprint density at radius 2 is 1.38 bits per heavy atom. The van der Waals surface area contributed by atoms with Crippen LogP contribution in [0.3, 0.4) is 0 Å². The molecule has 2 aromatic heterocycles. The van der Waals surface area contributed by atoms with Crippen molar-refractivity contribution in [3.63, 3.8) is 0 Å². The molecule has 0 saturated carbocycles. The van der Waals surface area contributed by atoms with Crippen molar-refractivity contribution in [3.05, 3.63) is 203 Å². The topological polar surface area (TPSA) is 34.2 Å².